The SMILES string of the molecule is CC(C)CN1CCN(CCC2CCNC2)CC1.Cl. The van der Waals surface area contributed by atoms with E-state index in [4.69, 9.17) is 0 Å². The lowest BCUT2D eigenvalue weighted by Gasteiger charge is -2.35. The van der Waals surface area contributed by atoms with Gasteiger partial charge in [0.25, 0.3) is 0 Å². The van der Waals surface area contributed by atoms with Crippen LogP contribution in [0, 0.1) is 11.8 Å². The summed E-state index contributed by atoms with van der Waals surface area (Å²) in [6.07, 6.45) is 2.80. The Morgan fingerprint density at radius 2 is 1.78 bits per heavy atom. The molecule has 18 heavy (non-hydrogen) atoms. The monoisotopic (exact) mass is 275 g/mol. The second-order valence-corrected chi connectivity index (χ2v) is 6.18. The van der Waals surface area contributed by atoms with Crippen molar-refractivity contribution < 1.29 is 0 Å². The first-order valence-electron chi connectivity index (χ1n) is 7.39. The molecule has 2 heterocycles. The van der Waals surface area contributed by atoms with Crippen molar-refractivity contribution in [2.75, 3.05) is 52.4 Å². The molecule has 2 saturated heterocycles. The number of hydrogen-bond acceptors (Lipinski definition) is 3. The topological polar surface area (TPSA) is 18.5 Å². The van der Waals surface area contributed by atoms with E-state index < -0.39 is 0 Å². The third kappa shape index (κ3) is 5.43. The van der Waals surface area contributed by atoms with Crippen LogP contribution in [0.4, 0.5) is 0 Å². The summed E-state index contributed by atoms with van der Waals surface area (Å²) in [5.41, 5.74) is 0. The number of halogens is 1. The van der Waals surface area contributed by atoms with E-state index in [1.165, 1.54) is 65.2 Å². The van der Waals surface area contributed by atoms with Crippen molar-refractivity contribution in [2.24, 2.45) is 11.8 Å². The first-order chi connectivity index (χ1) is 8.24. The van der Waals surface area contributed by atoms with E-state index >= 15 is 0 Å². The Hall–Kier alpha value is 0.170. The molecule has 1 N–H and O–H groups in total. The van der Waals surface area contributed by atoms with Gasteiger partial charge in [0.2, 0.25) is 0 Å². The molecule has 3 nitrogen and oxygen atoms in total. The van der Waals surface area contributed by atoms with Gasteiger partial charge in [0.15, 0.2) is 0 Å². The molecular weight excluding hydrogens is 246 g/mol. The lowest BCUT2D eigenvalue weighted by atomic mass is 10.0. The number of hydrogen-bond donors (Lipinski definition) is 1. The van der Waals surface area contributed by atoms with Gasteiger partial charge in [-0.3, -0.25) is 0 Å². The molecule has 108 valence electrons. The van der Waals surface area contributed by atoms with Gasteiger partial charge in [-0.25, -0.2) is 0 Å². The lowest BCUT2D eigenvalue weighted by molar-refractivity contribution is 0.118. The molecule has 2 fully saturated rings. The first-order valence-corrected chi connectivity index (χ1v) is 7.39. The maximum Gasteiger partial charge on any atom is 0.0110 e. The van der Waals surface area contributed by atoms with Crippen LogP contribution in [0.25, 0.3) is 0 Å². The van der Waals surface area contributed by atoms with E-state index in [2.05, 4.69) is 29.0 Å². The lowest BCUT2D eigenvalue weighted by Crippen LogP contribution is -2.47. The average Bonchev–Trinajstić information content (AvgIpc) is 2.80. The molecule has 0 aliphatic carbocycles. The smallest absolute Gasteiger partial charge is 0.0110 e. The predicted molar refractivity (Wildman–Crippen MR) is 80.6 cm³/mol. The Morgan fingerprint density at radius 1 is 1.11 bits per heavy atom. The highest BCUT2D eigenvalue weighted by atomic mass is 35.5. The van der Waals surface area contributed by atoms with Crippen LogP contribution < -0.4 is 5.32 Å². The van der Waals surface area contributed by atoms with Crippen LogP contribution in [-0.2, 0) is 0 Å². The Kier molecular flexibility index (Phi) is 7.54. The zero-order valence-electron chi connectivity index (χ0n) is 12.0. The molecule has 0 aromatic carbocycles. The van der Waals surface area contributed by atoms with Crippen molar-refractivity contribution in [2.45, 2.75) is 26.7 Å². The van der Waals surface area contributed by atoms with E-state index in [0.717, 1.165) is 11.8 Å². The Morgan fingerprint density at radius 3 is 2.33 bits per heavy atom. The first kappa shape index (κ1) is 16.2. The van der Waals surface area contributed by atoms with Crippen molar-refractivity contribution in [1.82, 2.24) is 15.1 Å². The Labute approximate surface area is 119 Å². The maximum absolute atomic E-state index is 3.46. The predicted octanol–water partition coefficient (Wildman–Crippen LogP) is 1.68. The molecule has 0 aromatic heterocycles. The van der Waals surface area contributed by atoms with Crippen molar-refractivity contribution >= 4 is 12.4 Å². The van der Waals surface area contributed by atoms with Gasteiger partial charge in [-0.15, -0.1) is 12.4 Å². The summed E-state index contributed by atoms with van der Waals surface area (Å²) in [5.74, 6) is 1.76. The summed E-state index contributed by atoms with van der Waals surface area (Å²) in [6.45, 7) is 14.9. The molecule has 0 saturated carbocycles. The minimum absolute atomic E-state index is 0. The minimum atomic E-state index is 0. The van der Waals surface area contributed by atoms with Gasteiger partial charge in [-0.05, 0) is 44.3 Å². The standard InChI is InChI=1S/C14H29N3.ClH/c1-13(2)12-17-9-7-16(8-10-17)6-4-14-3-5-15-11-14;/h13-15H,3-12H2,1-2H3;1H. The minimum Gasteiger partial charge on any atom is -0.316 e. The maximum atomic E-state index is 3.46. The van der Waals surface area contributed by atoms with Gasteiger partial charge in [0, 0.05) is 32.7 Å². The number of piperazine rings is 1. The molecular formula is C14H30ClN3. The average molecular weight is 276 g/mol. The van der Waals surface area contributed by atoms with Gasteiger partial charge >= 0.3 is 0 Å². The molecule has 2 aliphatic rings. The quantitative estimate of drug-likeness (QED) is 0.824. The van der Waals surface area contributed by atoms with E-state index in [1.807, 2.05) is 0 Å². The molecule has 0 spiro atoms. The van der Waals surface area contributed by atoms with Crippen molar-refractivity contribution in [1.29, 1.82) is 0 Å². The van der Waals surface area contributed by atoms with Gasteiger partial charge in [-0.1, -0.05) is 13.8 Å². The molecule has 0 bridgehead atoms. The second kappa shape index (κ2) is 8.36. The fourth-order valence-corrected chi connectivity index (χ4v) is 3.04. The summed E-state index contributed by atoms with van der Waals surface area (Å²) in [7, 11) is 0. The molecule has 2 aliphatic heterocycles. The summed E-state index contributed by atoms with van der Waals surface area (Å²) in [5, 5.41) is 3.46. The van der Waals surface area contributed by atoms with Crippen LogP contribution in [0.5, 0.6) is 0 Å². The van der Waals surface area contributed by atoms with Gasteiger partial charge in [0.1, 0.15) is 0 Å². The van der Waals surface area contributed by atoms with Crippen LogP contribution in [-0.4, -0.2) is 62.2 Å². The third-order valence-electron chi connectivity index (χ3n) is 4.10. The van der Waals surface area contributed by atoms with Gasteiger partial charge in [0.05, 0.1) is 0 Å². The van der Waals surface area contributed by atoms with Crippen molar-refractivity contribution in [3.05, 3.63) is 0 Å². The molecule has 0 amide bonds. The van der Waals surface area contributed by atoms with Crippen LogP contribution >= 0.6 is 12.4 Å². The van der Waals surface area contributed by atoms with Crippen molar-refractivity contribution in [3.63, 3.8) is 0 Å². The van der Waals surface area contributed by atoms with Crippen LogP contribution in [0.15, 0.2) is 0 Å². The normalized spacial score (nSPS) is 26.5. The highest BCUT2D eigenvalue weighted by molar-refractivity contribution is 5.85. The Balaban J connectivity index is 0.00000162. The second-order valence-electron chi connectivity index (χ2n) is 6.18. The van der Waals surface area contributed by atoms with Crippen molar-refractivity contribution in [3.8, 4) is 0 Å². The van der Waals surface area contributed by atoms with Gasteiger partial charge < -0.3 is 15.1 Å². The summed E-state index contributed by atoms with van der Waals surface area (Å²) in [4.78, 5) is 5.29. The number of nitrogens with one attached hydrogen (secondary N) is 1. The van der Waals surface area contributed by atoms with E-state index in [9.17, 15) is 0 Å². The summed E-state index contributed by atoms with van der Waals surface area (Å²) in [6, 6.07) is 0. The zero-order chi connectivity index (χ0) is 12.1. The summed E-state index contributed by atoms with van der Waals surface area (Å²) >= 11 is 0. The Bertz CT molecular complexity index is 209. The highest BCUT2D eigenvalue weighted by Gasteiger charge is 2.19. The van der Waals surface area contributed by atoms with Gasteiger partial charge in [-0.2, -0.15) is 0 Å². The van der Waals surface area contributed by atoms with Crippen LogP contribution in [0.2, 0.25) is 0 Å². The van der Waals surface area contributed by atoms with E-state index in [1.54, 1.807) is 0 Å². The molecule has 0 radical (unpaired) electrons. The number of rotatable bonds is 5. The molecule has 1 unspecified atom stereocenters. The molecule has 4 heteroatoms. The zero-order valence-corrected chi connectivity index (χ0v) is 12.8. The molecule has 0 aromatic rings. The molecule has 2 rings (SSSR count). The van der Waals surface area contributed by atoms with Crippen LogP contribution in [0.1, 0.15) is 26.7 Å². The van der Waals surface area contributed by atoms with Crippen LogP contribution in [0.3, 0.4) is 0 Å². The third-order valence-corrected chi connectivity index (χ3v) is 4.10. The fourth-order valence-electron chi connectivity index (χ4n) is 3.04. The highest BCUT2D eigenvalue weighted by Crippen LogP contribution is 2.14. The molecule has 1 atom stereocenters. The number of nitrogens with zero attached hydrogens (tertiary/aromatic N) is 2. The summed E-state index contributed by atoms with van der Waals surface area (Å²) < 4.78 is 0. The van der Waals surface area contributed by atoms with E-state index in [0.29, 0.717) is 0 Å². The van der Waals surface area contributed by atoms with E-state index in [-0.39, 0.29) is 12.4 Å². The largest absolute Gasteiger partial charge is 0.316 e. The fraction of sp³-hybridized carbons (Fsp3) is 1.00.